The summed E-state index contributed by atoms with van der Waals surface area (Å²) in [6.45, 7) is 0.618. The highest BCUT2D eigenvalue weighted by Crippen LogP contribution is 2.29. The van der Waals surface area contributed by atoms with Crippen LogP contribution in [0.25, 0.3) is 6.08 Å². The first-order valence-corrected chi connectivity index (χ1v) is 4.93. The number of carbonyl (C=O) groups is 1. The number of alkyl halides is 3. The number of carbonyl (C=O) groups excluding carboxylic acids is 1. The molecule has 0 unspecified atom stereocenters. The molecule has 5 heteroatoms. The molecular formula is C12H11F3O2. The van der Waals surface area contributed by atoms with Crippen LogP contribution < -0.4 is 0 Å². The summed E-state index contributed by atoms with van der Waals surface area (Å²) in [5, 5.41) is 0. The van der Waals surface area contributed by atoms with Gasteiger partial charge < -0.3 is 4.74 Å². The Morgan fingerprint density at radius 2 is 1.82 bits per heavy atom. The van der Waals surface area contributed by atoms with Crippen molar-refractivity contribution in [1.82, 2.24) is 0 Å². The highest BCUT2D eigenvalue weighted by Gasteiger charge is 2.29. The van der Waals surface area contributed by atoms with E-state index in [0.29, 0.717) is 18.5 Å². The van der Waals surface area contributed by atoms with Crippen LogP contribution in [0.4, 0.5) is 13.2 Å². The zero-order valence-corrected chi connectivity index (χ0v) is 8.91. The van der Waals surface area contributed by atoms with E-state index in [1.165, 1.54) is 12.1 Å². The van der Waals surface area contributed by atoms with Crippen LogP contribution in [0.1, 0.15) is 17.5 Å². The maximum Gasteiger partial charge on any atom is 0.416 e. The number of hydrogen-bond acceptors (Lipinski definition) is 2. The number of benzene rings is 1. The monoisotopic (exact) mass is 244 g/mol. The van der Waals surface area contributed by atoms with E-state index in [-0.39, 0.29) is 6.61 Å². The molecule has 0 N–H and O–H groups in total. The summed E-state index contributed by atoms with van der Waals surface area (Å²) in [6, 6.07) is 4.84. The highest BCUT2D eigenvalue weighted by atomic mass is 19.4. The van der Waals surface area contributed by atoms with Crippen molar-refractivity contribution in [3.8, 4) is 0 Å². The third-order valence-electron chi connectivity index (χ3n) is 2.02. The second-order valence-corrected chi connectivity index (χ2v) is 3.28. The van der Waals surface area contributed by atoms with Crippen LogP contribution >= 0.6 is 0 Å². The lowest BCUT2D eigenvalue weighted by Crippen LogP contribution is -2.03. The average Bonchev–Trinajstić information content (AvgIpc) is 2.28. The lowest BCUT2D eigenvalue weighted by atomic mass is 10.1. The molecule has 92 valence electrons. The van der Waals surface area contributed by atoms with Crippen molar-refractivity contribution in [3.05, 3.63) is 41.5 Å². The Labute approximate surface area is 96.7 Å². The van der Waals surface area contributed by atoms with Crippen LogP contribution in [0.3, 0.4) is 0 Å². The van der Waals surface area contributed by atoms with E-state index < -0.39 is 11.7 Å². The molecule has 0 saturated heterocycles. The second-order valence-electron chi connectivity index (χ2n) is 3.28. The summed E-state index contributed by atoms with van der Waals surface area (Å²) < 4.78 is 41.2. The number of hydrogen-bond donors (Lipinski definition) is 0. The molecule has 0 aliphatic rings. The van der Waals surface area contributed by atoms with Crippen molar-refractivity contribution < 1.29 is 22.7 Å². The molecule has 1 rings (SSSR count). The lowest BCUT2D eigenvalue weighted by molar-refractivity contribution is -0.137. The molecule has 0 radical (unpaired) electrons. The van der Waals surface area contributed by atoms with Gasteiger partial charge in [0.2, 0.25) is 0 Å². The number of rotatable bonds is 5. The maximum absolute atomic E-state index is 12.2. The minimum atomic E-state index is -4.31. The Kier molecular flexibility index (Phi) is 4.75. The van der Waals surface area contributed by atoms with Crippen molar-refractivity contribution >= 4 is 12.5 Å². The number of halogens is 3. The topological polar surface area (TPSA) is 26.3 Å². The van der Waals surface area contributed by atoms with Gasteiger partial charge in [-0.2, -0.15) is 13.2 Å². The Bertz CT molecular complexity index is 380. The minimum Gasteiger partial charge on any atom is -0.468 e. The van der Waals surface area contributed by atoms with E-state index in [0.717, 1.165) is 12.1 Å². The fraction of sp³-hybridized carbons (Fsp3) is 0.250. The third-order valence-corrected chi connectivity index (χ3v) is 2.02. The maximum atomic E-state index is 12.2. The smallest absolute Gasteiger partial charge is 0.416 e. The molecule has 0 atom stereocenters. The fourth-order valence-corrected chi connectivity index (χ4v) is 1.19. The normalized spacial score (nSPS) is 11.7. The summed E-state index contributed by atoms with van der Waals surface area (Å²) in [7, 11) is 0. The van der Waals surface area contributed by atoms with Gasteiger partial charge in [0.15, 0.2) is 0 Å². The van der Waals surface area contributed by atoms with E-state index in [2.05, 4.69) is 4.74 Å². The molecular weight excluding hydrogens is 233 g/mol. The standard InChI is InChI=1S/C12H11F3O2/c13-12(14,15)11-6-4-10(5-7-11)3-1-2-8-17-9-16/h1,3-7,9H,2,8H2/b3-1+. The lowest BCUT2D eigenvalue weighted by Gasteiger charge is -2.05. The van der Waals surface area contributed by atoms with Gasteiger partial charge in [-0.05, 0) is 24.1 Å². The zero-order chi connectivity index (χ0) is 12.7. The molecule has 0 amide bonds. The van der Waals surface area contributed by atoms with Crippen molar-refractivity contribution in [1.29, 1.82) is 0 Å². The van der Waals surface area contributed by atoms with Gasteiger partial charge in [0.1, 0.15) is 0 Å². The van der Waals surface area contributed by atoms with Gasteiger partial charge in [-0.25, -0.2) is 0 Å². The molecule has 2 nitrogen and oxygen atoms in total. The van der Waals surface area contributed by atoms with Crippen molar-refractivity contribution in [2.45, 2.75) is 12.6 Å². The molecule has 0 heterocycles. The van der Waals surface area contributed by atoms with Crippen LogP contribution in [-0.2, 0) is 15.7 Å². The van der Waals surface area contributed by atoms with Crippen LogP contribution in [0, 0.1) is 0 Å². The SMILES string of the molecule is O=COCC/C=C/c1ccc(C(F)(F)F)cc1. The van der Waals surface area contributed by atoms with Crippen LogP contribution in [0.2, 0.25) is 0 Å². The quantitative estimate of drug-likeness (QED) is 0.587. The zero-order valence-electron chi connectivity index (χ0n) is 8.91. The molecule has 17 heavy (non-hydrogen) atoms. The van der Waals surface area contributed by atoms with Gasteiger partial charge in [0, 0.05) is 0 Å². The molecule has 0 spiro atoms. The summed E-state index contributed by atoms with van der Waals surface area (Å²) in [5.74, 6) is 0. The largest absolute Gasteiger partial charge is 0.468 e. The van der Waals surface area contributed by atoms with Crippen molar-refractivity contribution in [2.24, 2.45) is 0 Å². The first kappa shape index (κ1) is 13.3. The number of ether oxygens (including phenoxy) is 1. The Hall–Kier alpha value is -1.78. The molecule has 1 aromatic rings. The van der Waals surface area contributed by atoms with Gasteiger partial charge in [0.05, 0.1) is 12.2 Å². The summed E-state index contributed by atoms with van der Waals surface area (Å²) in [5.41, 5.74) is 0.00282. The predicted octanol–water partition coefficient (Wildman–Crippen LogP) is 3.28. The average molecular weight is 244 g/mol. The van der Waals surface area contributed by atoms with Crippen LogP contribution in [-0.4, -0.2) is 13.1 Å². The molecule has 0 aliphatic carbocycles. The highest BCUT2D eigenvalue weighted by molar-refractivity contribution is 5.49. The molecule has 0 saturated carbocycles. The summed E-state index contributed by atoms with van der Waals surface area (Å²) >= 11 is 0. The first-order chi connectivity index (χ1) is 8.04. The minimum absolute atomic E-state index is 0.265. The van der Waals surface area contributed by atoms with Crippen LogP contribution in [0.5, 0.6) is 0 Å². The Morgan fingerprint density at radius 3 is 2.35 bits per heavy atom. The van der Waals surface area contributed by atoms with Crippen molar-refractivity contribution in [2.75, 3.05) is 6.61 Å². The predicted molar refractivity (Wildman–Crippen MR) is 57.1 cm³/mol. The fourth-order valence-electron chi connectivity index (χ4n) is 1.19. The van der Waals surface area contributed by atoms with Gasteiger partial charge in [-0.15, -0.1) is 0 Å². The van der Waals surface area contributed by atoms with Gasteiger partial charge >= 0.3 is 6.18 Å². The Morgan fingerprint density at radius 1 is 1.18 bits per heavy atom. The molecule has 0 fully saturated rings. The molecule has 0 aliphatic heterocycles. The van der Waals surface area contributed by atoms with Gasteiger partial charge in [-0.1, -0.05) is 24.3 Å². The molecule has 0 bridgehead atoms. The van der Waals surface area contributed by atoms with E-state index in [9.17, 15) is 18.0 Å². The summed E-state index contributed by atoms with van der Waals surface area (Å²) in [4.78, 5) is 9.82. The first-order valence-electron chi connectivity index (χ1n) is 4.93. The molecule has 0 aromatic heterocycles. The van der Waals surface area contributed by atoms with E-state index in [1.807, 2.05) is 0 Å². The van der Waals surface area contributed by atoms with Crippen LogP contribution in [0.15, 0.2) is 30.3 Å². The van der Waals surface area contributed by atoms with E-state index in [1.54, 1.807) is 12.2 Å². The second kappa shape index (κ2) is 6.08. The van der Waals surface area contributed by atoms with Crippen molar-refractivity contribution in [3.63, 3.8) is 0 Å². The Balaban J connectivity index is 2.54. The molecule has 1 aromatic carbocycles. The van der Waals surface area contributed by atoms with Gasteiger partial charge in [0.25, 0.3) is 6.47 Å². The van der Waals surface area contributed by atoms with E-state index >= 15 is 0 Å². The summed E-state index contributed by atoms with van der Waals surface area (Å²) in [6.07, 6.45) is -0.375. The van der Waals surface area contributed by atoms with Gasteiger partial charge in [-0.3, -0.25) is 4.79 Å². The third kappa shape index (κ3) is 4.72. The van der Waals surface area contributed by atoms with E-state index in [4.69, 9.17) is 0 Å².